The van der Waals surface area contributed by atoms with Crippen LogP contribution < -0.4 is 0 Å². The number of amides is 6. The zero-order valence-corrected chi connectivity index (χ0v) is 18.6. The summed E-state index contributed by atoms with van der Waals surface area (Å²) in [7, 11) is 2.77. The lowest BCUT2D eigenvalue weighted by atomic mass is 10.4. The van der Waals surface area contributed by atoms with Gasteiger partial charge in [-0.1, -0.05) is 0 Å². The van der Waals surface area contributed by atoms with E-state index in [0.717, 1.165) is 9.80 Å². The van der Waals surface area contributed by atoms with Crippen LogP contribution in [0.3, 0.4) is 0 Å². The number of urea groups is 3. The van der Waals surface area contributed by atoms with Crippen molar-refractivity contribution in [3.05, 3.63) is 0 Å². The topological polar surface area (TPSA) is 210 Å². The molecule has 17 nitrogen and oxygen atoms in total. The van der Waals surface area contributed by atoms with Crippen molar-refractivity contribution in [2.75, 3.05) is 53.9 Å². The van der Waals surface area contributed by atoms with Gasteiger partial charge in [0.15, 0.2) is 37.4 Å². The number of carbonyl (C=O) groups is 3. The summed E-state index contributed by atoms with van der Waals surface area (Å²) in [5.41, 5.74) is 0. The van der Waals surface area contributed by atoms with Crippen LogP contribution in [0.4, 0.5) is 14.4 Å². The molecule has 6 unspecified atom stereocenters. The highest BCUT2D eigenvalue weighted by atomic mass is 16.5. The maximum absolute atomic E-state index is 12.9. The summed E-state index contributed by atoms with van der Waals surface area (Å²) in [6, 6.07) is -2.71. The molecule has 0 aliphatic carbocycles. The van der Waals surface area contributed by atoms with Crippen LogP contribution in [0.1, 0.15) is 0 Å². The Labute approximate surface area is 194 Å². The van der Waals surface area contributed by atoms with E-state index in [1.54, 1.807) is 0 Å². The number of nitrogens with zero attached hydrogens (tertiary/aromatic N) is 6. The minimum absolute atomic E-state index is 0.0494. The molecule has 3 aliphatic heterocycles. The summed E-state index contributed by atoms with van der Waals surface area (Å²) in [4.78, 5) is 42.6. The summed E-state index contributed by atoms with van der Waals surface area (Å²) in [6.45, 7) is -1.36. The van der Waals surface area contributed by atoms with Crippen molar-refractivity contribution in [2.24, 2.45) is 0 Å². The first-order chi connectivity index (χ1) is 16.1. The van der Waals surface area contributed by atoms with E-state index in [-0.39, 0.29) is 26.3 Å². The first kappa shape index (κ1) is 26.1. The Bertz CT molecular complexity index is 716. The number of rotatable bonds is 10. The van der Waals surface area contributed by atoms with E-state index in [2.05, 4.69) is 0 Å². The quantitative estimate of drug-likeness (QED) is 0.170. The summed E-state index contributed by atoms with van der Waals surface area (Å²) in [5.74, 6) is 0. The normalized spacial score (nSPS) is 32.3. The zero-order valence-electron chi connectivity index (χ0n) is 18.6. The number of ether oxygens (including phenoxy) is 2. The van der Waals surface area contributed by atoms with Crippen molar-refractivity contribution in [1.82, 2.24) is 29.4 Å². The lowest BCUT2D eigenvalue weighted by molar-refractivity contribution is -0.109. The molecule has 3 aliphatic rings. The maximum atomic E-state index is 12.9. The van der Waals surface area contributed by atoms with Crippen LogP contribution in [0.15, 0.2) is 0 Å². The van der Waals surface area contributed by atoms with Crippen LogP contribution in [-0.4, -0.2) is 169 Å². The average Bonchev–Trinajstić information content (AvgIpc) is 3.23. The molecule has 6 atom stereocenters. The highest BCUT2D eigenvalue weighted by Crippen LogP contribution is 2.27. The van der Waals surface area contributed by atoms with Gasteiger partial charge in [0, 0.05) is 27.3 Å². The second kappa shape index (κ2) is 10.4. The molecule has 17 heteroatoms. The minimum Gasteiger partial charge on any atom is -0.383 e. The second-order valence-corrected chi connectivity index (χ2v) is 7.86. The molecule has 0 aromatic carbocycles. The number of hydrogen-bond acceptors (Lipinski definition) is 11. The fourth-order valence-electron chi connectivity index (χ4n) is 3.88. The Hall–Kier alpha value is -2.51. The molecule has 6 amide bonds. The third-order valence-electron chi connectivity index (χ3n) is 5.87. The second-order valence-electron chi connectivity index (χ2n) is 7.86. The van der Waals surface area contributed by atoms with Crippen molar-refractivity contribution in [2.45, 2.75) is 37.4 Å². The van der Waals surface area contributed by atoms with Gasteiger partial charge in [0.05, 0.1) is 13.2 Å². The molecule has 0 saturated carbocycles. The SMILES string of the molecule is COCCN1C(=O)N(CN2C(=O)N(CN3C(=O)N(CCOC)C(O)C3O)C(O)C2O)C(O)C1O. The Morgan fingerprint density at radius 2 is 0.765 bits per heavy atom. The molecule has 0 radical (unpaired) electrons. The van der Waals surface area contributed by atoms with Gasteiger partial charge in [-0.2, -0.15) is 0 Å². The van der Waals surface area contributed by atoms with Crippen molar-refractivity contribution in [3.63, 3.8) is 0 Å². The number of hydrogen-bond donors (Lipinski definition) is 6. The van der Waals surface area contributed by atoms with Crippen molar-refractivity contribution in [1.29, 1.82) is 0 Å². The molecule has 3 fully saturated rings. The third kappa shape index (κ3) is 4.43. The Kier molecular flexibility index (Phi) is 7.98. The van der Waals surface area contributed by atoms with Gasteiger partial charge in [-0.3, -0.25) is 29.4 Å². The van der Waals surface area contributed by atoms with Crippen LogP contribution in [0, 0.1) is 0 Å². The van der Waals surface area contributed by atoms with E-state index < -0.39 is 68.8 Å². The average molecular weight is 494 g/mol. The van der Waals surface area contributed by atoms with E-state index in [1.807, 2.05) is 0 Å². The molecule has 0 aromatic rings. The lowest BCUT2D eigenvalue weighted by Crippen LogP contribution is -2.49. The third-order valence-corrected chi connectivity index (χ3v) is 5.87. The van der Waals surface area contributed by atoms with E-state index in [1.165, 1.54) is 14.2 Å². The Morgan fingerprint density at radius 1 is 0.529 bits per heavy atom. The van der Waals surface area contributed by atoms with Gasteiger partial charge in [0.2, 0.25) is 0 Å². The lowest BCUT2D eigenvalue weighted by Gasteiger charge is -2.28. The minimum atomic E-state index is -1.87. The zero-order chi connectivity index (χ0) is 25.3. The predicted molar refractivity (Wildman–Crippen MR) is 106 cm³/mol. The molecule has 34 heavy (non-hydrogen) atoms. The van der Waals surface area contributed by atoms with Crippen molar-refractivity contribution in [3.8, 4) is 0 Å². The summed E-state index contributed by atoms with van der Waals surface area (Å²) in [5, 5.41) is 61.5. The molecule has 3 heterocycles. The summed E-state index contributed by atoms with van der Waals surface area (Å²) < 4.78 is 9.71. The molecule has 3 saturated heterocycles. The maximum Gasteiger partial charge on any atom is 0.327 e. The molecular weight excluding hydrogens is 464 g/mol. The van der Waals surface area contributed by atoms with Gasteiger partial charge in [0.25, 0.3) is 0 Å². The van der Waals surface area contributed by atoms with E-state index in [0.29, 0.717) is 19.6 Å². The smallest absolute Gasteiger partial charge is 0.327 e. The molecule has 194 valence electrons. The summed E-state index contributed by atoms with van der Waals surface area (Å²) >= 11 is 0. The van der Waals surface area contributed by atoms with Crippen LogP contribution in [0.2, 0.25) is 0 Å². The van der Waals surface area contributed by atoms with Gasteiger partial charge >= 0.3 is 18.1 Å². The number of methoxy groups -OCH3 is 2. The standard InChI is InChI=1S/C17H30N6O11/c1-33-5-3-18-9(24)11(26)20(15(18)30)7-22-13(28)14(29)23(17(22)32)8-21-12(27)10(25)19(16(21)31)4-6-34-2/h9-14,24-29H,3-8H2,1-2H3. The van der Waals surface area contributed by atoms with E-state index in [4.69, 9.17) is 9.47 Å². The van der Waals surface area contributed by atoms with E-state index >= 15 is 0 Å². The molecule has 6 N–H and O–H groups in total. The largest absolute Gasteiger partial charge is 0.383 e. The van der Waals surface area contributed by atoms with Gasteiger partial charge in [-0.05, 0) is 0 Å². The molecule has 3 rings (SSSR count). The molecule has 0 bridgehead atoms. The number of aliphatic hydroxyl groups excluding tert-OH is 6. The molecule has 0 spiro atoms. The van der Waals surface area contributed by atoms with Gasteiger partial charge in [0.1, 0.15) is 13.3 Å². The Morgan fingerprint density at radius 3 is 1.03 bits per heavy atom. The van der Waals surface area contributed by atoms with Crippen LogP contribution >= 0.6 is 0 Å². The van der Waals surface area contributed by atoms with Gasteiger partial charge in [-0.15, -0.1) is 0 Å². The van der Waals surface area contributed by atoms with Crippen LogP contribution in [-0.2, 0) is 9.47 Å². The van der Waals surface area contributed by atoms with E-state index in [9.17, 15) is 45.0 Å². The Balaban J connectivity index is 1.70. The van der Waals surface area contributed by atoms with Gasteiger partial charge in [-0.25, -0.2) is 14.4 Å². The first-order valence-corrected chi connectivity index (χ1v) is 10.3. The summed E-state index contributed by atoms with van der Waals surface area (Å²) in [6.07, 6.45) is -10.4. The molecule has 0 aromatic heterocycles. The first-order valence-electron chi connectivity index (χ1n) is 10.3. The fraction of sp³-hybridized carbons (Fsp3) is 0.824. The number of aliphatic hydroxyl groups is 6. The monoisotopic (exact) mass is 494 g/mol. The highest BCUT2D eigenvalue weighted by Gasteiger charge is 2.52. The van der Waals surface area contributed by atoms with Crippen LogP contribution in [0.5, 0.6) is 0 Å². The van der Waals surface area contributed by atoms with Gasteiger partial charge < -0.3 is 40.1 Å². The number of carbonyl (C=O) groups excluding carboxylic acids is 3. The highest BCUT2D eigenvalue weighted by molar-refractivity contribution is 5.81. The fourth-order valence-corrected chi connectivity index (χ4v) is 3.88. The van der Waals surface area contributed by atoms with Crippen molar-refractivity contribution < 1.29 is 54.5 Å². The van der Waals surface area contributed by atoms with Crippen LogP contribution in [0.25, 0.3) is 0 Å². The van der Waals surface area contributed by atoms with Crippen molar-refractivity contribution >= 4 is 18.1 Å². The predicted octanol–water partition coefficient (Wildman–Crippen LogP) is -4.68. The molecular formula is C17H30N6O11.